The maximum absolute atomic E-state index is 12.9. The summed E-state index contributed by atoms with van der Waals surface area (Å²) in [7, 11) is 0. The molecule has 2 rings (SSSR count). The standard InChI is InChI=1S/C29H37N5O9/c1-29(2,3)43-26(38)33-22(24(37)32-17-23(35)36)15-10-16-31-25(30)34(27(39)41-18-20-11-6-4-7-12-20)28(40)42-19-21-13-8-5-9-14-21/h4-9,11-14,22H,10,15-19H2,1-3H3,(H2,30,31)(H,32,37)(H,33,38)(H,35,36)/t22-/m1/s1. The normalized spacial score (nSPS) is 11.9. The van der Waals surface area contributed by atoms with Gasteiger partial charge in [-0.25, -0.2) is 14.4 Å². The number of hydrogen-bond donors (Lipinski definition) is 4. The first kappa shape index (κ1) is 34.1. The average molecular weight is 600 g/mol. The van der Waals surface area contributed by atoms with Gasteiger partial charge in [0.1, 0.15) is 31.4 Å². The van der Waals surface area contributed by atoms with Gasteiger partial charge in [-0.3, -0.25) is 14.6 Å². The monoisotopic (exact) mass is 599 g/mol. The first-order valence-electron chi connectivity index (χ1n) is 13.4. The second-order valence-electron chi connectivity index (χ2n) is 10.1. The van der Waals surface area contributed by atoms with Crippen LogP contribution in [0.1, 0.15) is 44.7 Å². The summed E-state index contributed by atoms with van der Waals surface area (Å²) in [5.41, 5.74) is 6.52. The summed E-state index contributed by atoms with van der Waals surface area (Å²) in [6.07, 6.45) is -2.97. The van der Waals surface area contributed by atoms with E-state index in [2.05, 4.69) is 15.6 Å². The number of imide groups is 1. The molecule has 2 aromatic carbocycles. The van der Waals surface area contributed by atoms with Crippen molar-refractivity contribution in [3.8, 4) is 0 Å². The van der Waals surface area contributed by atoms with Gasteiger partial charge < -0.3 is 35.7 Å². The zero-order chi connectivity index (χ0) is 31.8. The number of guanidine groups is 1. The van der Waals surface area contributed by atoms with Gasteiger partial charge in [0.25, 0.3) is 0 Å². The molecule has 0 aromatic heterocycles. The van der Waals surface area contributed by atoms with Crippen LogP contribution in [0.5, 0.6) is 0 Å². The zero-order valence-electron chi connectivity index (χ0n) is 24.3. The number of amides is 4. The van der Waals surface area contributed by atoms with Crippen LogP contribution in [0, 0.1) is 0 Å². The van der Waals surface area contributed by atoms with Crippen LogP contribution in [-0.2, 0) is 37.0 Å². The number of nitrogens with two attached hydrogens (primary N) is 1. The molecule has 5 N–H and O–H groups in total. The number of nitrogens with one attached hydrogen (secondary N) is 2. The second kappa shape index (κ2) is 17.0. The van der Waals surface area contributed by atoms with Crippen LogP contribution in [0.2, 0.25) is 0 Å². The maximum Gasteiger partial charge on any atom is 0.426 e. The lowest BCUT2D eigenvalue weighted by molar-refractivity contribution is -0.138. The molecule has 0 bridgehead atoms. The number of ether oxygens (including phenoxy) is 3. The summed E-state index contributed by atoms with van der Waals surface area (Å²) in [6.45, 7) is 3.92. The Labute approximate surface area is 249 Å². The molecule has 232 valence electrons. The molecule has 2 aromatic rings. The highest BCUT2D eigenvalue weighted by atomic mass is 16.6. The molecule has 0 spiro atoms. The lowest BCUT2D eigenvalue weighted by atomic mass is 10.1. The topological polar surface area (TPSA) is 199 Å². The summed E-state index contributed by atoms with van der Waals surface area (Å²) in [4.78, 5) is 65.9. The number of carboxylic acid groups (broad SMARTS) is 1. The molecule has 0 fully saturated rings. The molecular formula is C29H37N5O9. The van der Waals surface area contributed by atoms with Crippen molar-refractivity contribution in [3.63, 3.8) is 0 Å². The van der Waals surface area contributed by atoms with Gasteiger partial charge in [0.05, 0.1) is 0 Å². The largest absolute Gasteiger partial charge is 0.480 e. The predicted molar refractivity (Wildman–Crippen MR) is 155 cm³/mol. The van der Waals surface area contributed by atoms with Crippen LogP contribution in [0.25, 0.3) is 0 Å². The SMILES string of the molecule is CC(C)(C)OC(=O)N[C@H](CCCN=C(N)N(C(=O)OCc1ccccc1)C(=O)OCc1ccccc1)C(=O)NCC(=O)O. The van der Waals surface area contributed by atoms with Crippen LogP contribution < -0.4 is 16.4 Å². The van der Waals surface area contributed by atoms with Crippen molar-refractivity contribution in [2.75, 3.05) is 13.1 Å². The molecule has 0 aliphatic rings. The molecule has 0 aliphatic heterocycles. The van der Waals surface area contributed by atoms with Crippen molar-refractivity contribution in [3.05, 3.63) is 71.8 Å². The van der Waals surface area contributed by atoms with Gasteiger partial charge >= 0.3 is 24.2 Å². The summed E-state index contributed by atoms with van der Waals surface area (Å²) >= 11 is 0. The Hall–Kier alpha value is -5.14. The van der Waals surface area contributed by atoms with Gasteiger partial charge in [0.2, 0.25) is 11.9 Å². The van der Waals surface area contributed by atoms with Crippen LogP contribution in [-0.4, -0.2) is 70.9 Å². The third-order valence-electron chi connectivity index (χ3n) is 5.35. The molecule has 0 saturated carbocycles. The van der Waals surface area contributed by atoms with E-state index in [1.54, 1.807) is 81.4 Å². The minimum atomic E-state index is -1.26. The molecule has 0 saturated heterocycles. The number of carboxylic acids is 1. The van der Waals surface area contributed by atoms with E-state index in [0.29, 0.717) is 16.0 Å². The van der Waals surface area contributed by atoms with Crippen LogP contribution in [0.3, 0.4) is 0 Å². The van der Waals surface area contributed by atoms with Crippen molar-refractivity contribution in [2.24, 2.45) is 10.7 Å². The Kier molecular flexibility index (Phi) is 13.4. The summed E-state index contributed by atoms with van der Waals surface area (Å²) in [5.74, 6) is -2.52. The van der Waals surface area contributed by atoms with E-state index in [4.69, 9.17) is 25.1 Å². The van der Waals surface area contributed by atoms with Crippen molar-refractivity contribution in [1.29, 1.82) is 0 Å². The Morgan fingerprint density at radius 2 is 1.42 bits per heavy atom. The predicted octanol–water partition coefficient (Wildman–Crippen LogP) is 3.15. The van der Waals surface area contributed by atoms with E-state index in [1.165, 1.54) is 0 Å². The van der Waals surface area contributed by atoms with E-state index in [1.807, 2.05) is 0 Å². The van der Waals surface area contributed by atoms with Crippen LogP contribution >= 0.6 is 0 Å². The van der Waals surface area contributed by atoms with Crippen molar-refractivity contribution < 1.29 is 43.3 Å². The fourth-order valence-electron chi connectivity index (χ4n) is 3.39. The molecule has 0 unspecified atom stereocenters. The van der Waals surface area contributed by atoms with E-state index in [9.17, 15) is 24.0 Å². The number of benzene rings is 2. The molecule has 1 atom stereocenters. The number of nitrogens with zero attached hydrogens (tertiary/aromatic N) is 2. The number of alkyl carbamates (subject to hydrolysis) is 1. The zero-order valence-corrected chi connectivity index (χ0v) is 24.3. The summed E-state index contributed by atoms with van der Waals surface area (Å²) < 4.78 is 15.7. The highest BCUT2D eigenvalue weighted by molar-refractivity contribution is 6.07. The number of carbonyl (C=O) groups excluding carboxylic acids is 4. The van der Waals surface area contributed by atoms with Crippen molar-refractivity contribution >= 4 is 36.1 Å². The lowest BCUT2D eigenvalue weighted by Gasteiger charge is -2.23. The Morgan fingerprint density at radius 3 is 1.88 bits per heavy atom. The highest BCUT2D eigenvalue weighted by Gasteiger charge is 2.29. The van der Waals surface area contributed by atoms with E-state index >= 15 is 0 Å². The fourth-order valence-corrected chi connectivity index (χ4v) is 3.39. The van der Waals surface area contributed by atoms with Gasteiger partial charge in [0, 0.05) is 6.54 Å². The Balaban J connectivity index is 2.09. The second-order valence-corrected chi connectivity index (χ2v) is 10.1. The van der Waals surface area contributed by atoms with Gasteiger partial charge in [-0.1, -0.05) is 60.7 Å². The van der Waals surface area contributed by atoms with E-state index in [0.717, 1.165) is 0 Å². The number of carbonyl (C=O) groups is 5. The molecule has 0 radical (unpaired) electrons. The van der Waals surface area contributed by atoms with Crippen LogP contribution in [0.15, 0.2) is 65.7 Å². The summed E-state index contributed by atoms with van der Waals surface area (Å²) in [5, 5.41) is 13.5. The van der Waals surface area contributed by atoms with E-state index < -0.39 is 54.3 Å². The lowest BCUT2D eigenvalue weighted by Crippen LogP contribution is -2.49. The Morgan fingerprint density at radius 1 is 0.907 bits per heavy atom. The summed E-state index contributed by atoms with van der Waals surface area (Å²) in [6, 6.07) is 16.4. The maximum atomic E-state index is 12.9. The van der Waals surface area contributed by atoms with E-state index in [-0.39, 0.29) is 32.6 Å². The van der Waals surface area contributed by atoms with Crippen molar-refractivity contribution in [1.82, 2.24) is 15.5 Å². The average Bonchev–Trinajstić information content (AvgIpc) is 2.95. The van der Waals surface area contributed by atoms with Gasteiger partial charge in [-0.05, 0) is 44.7 Å². The van der Waals surface area contributed by atoms with Gasteiger partial charge in [-0.2, -0.15) is 0 Å². The third-order valence-corrected chi connectivity index (χ3v) is 5.35. The quantitative estimate of drug-likeness (QED) is 0.122. The van der Waals surface area contributed by atoms with Gasteiger partial charge in [0.15, 0.2) is 0 Å². The number of rotatable bonds is 12. The van der Waals surface area contributed by atoms with Crippen LogP contribution in [0.4, 0.5) is 14.4 Å². The first-order valence-corrected chi connectivity index (χ1v) is 13.4. The number of aliphatic carboxylic acids is 1. The molecule has 14 nitrogen and oxygen atoms in total. The molecule has 43 heavy (non-hydrogen) atoms. The molecule has 0 heterocycles. The first-order chi connectivity index (χ1) is 20.4. The fraction of sp³-hybridized carbons (Fsp3) is 0.379. The molecular weight excluding hydrogens is 562 g/mol. The third kappa shape index (κ3) is 13.4. The Bertz CT molecular complexity index is 1210. The molecule has 4 amide bonds. The number of aliphatic imine (C=N–C) groups is 1. The molecule has 0 aliphatic carbocycles. The smallest absolute Gasteiger partial charge is 0.426 e. The van der Waals surface area contributed by atoms with Crippen molar-refractivity contribution in [2.45, 2.75) is 58.5 Å². The highest BCUT2D eigenvalue weighted by Crippen LogP contribution is 2.10. The van der Waals surface area contributed by atoms with Gasteiger partial charge in [-0.15, -0.1) is 4.90 Å². The molecule has 14 heteroatoms. The minimum absolute atomic E-state index is 0.00160. The number of hydrogen-bond acceptors (Lipinski definition) is 9. The minimum Gasteiger partial charge on any atom is -0.480 e.